The molecule has 0 saturated heterocycles. The first kappa shape index (κ1) is 25.0. The number of ether oxygens (including phenoxy) is 1. The topological polar surface area (TPSA) is 32.8 Å². The van der Waals surface area contributed by atoms with Crippen LogP contribution in [0.25, 0.3) is 0 Å². The molecule has 0 unspecified atom stereocenters. The minimum Gasteiger partial charge on any atom is -0.465 e. The lowest BCUT2D eigenvalue weighted by Crippen LogP contribution is -2.49. The van der Waals surface area contributed by atoms with E-state index in [9.17, 15) is 4.79 Å². The van der Waals surface area contributed by atoms with E-state index in [0.29, 0.717) is 5.56 Å². The standard InChI is InChI=1S/C26H36N2O2S2/c1-6-8-15-26(16-9-7-2)19-28(20-13-11-10-12-14-20)22-18-23(31-5)21(25(29)30-4)17-24(22)32-27(26)3/h10-14,17-18H,6-9,15-16,19H2,1-5H3. The first-order valence-electron chi connectivity index (χ1n) is 11.5. The molecule has 2 aromatic rings. The number of unbranched alkanes of at least 4 members (excludes halogenated alkanes) is 2. The molecule has 2 aromatic carbocycles. The van der Waals surface area contributed by atoms with E-state index in [1.54, 1.807) is 23.7 Å². The van der Waals surface area contributed by atoms with Gasteiger partial charge in [-0.25, -0.2) is 9.10 Å². The molecule has 4 nitrogen and oxygen atoms in total. The van der Waals surface area contributed by atoms with Crippen LogP contribution in [0.1, 0.15) is 62.7 Å². The summed E-state index contributed by atoms with van der Waals surface area (Å²) >= 11 is 3.37. The third-order valence-electron chi connectivity index (χ3n) is 6.39. The fourth-order valence-electron chi connectivity index (χ4n) is 4.44. The fourth-order valence-corrected chi connectivity index (χ4v) is 6.20. The Morgan fingerprint density at radius 2 is 1.78 bits per heavy atom. The Morgan fingerprint density at radius 3 is 2.34 bits per heavy atom. The van der Waals surface area contributed by atoms with Crippen molar-refractivity contribution in [2.24, 2.45) is 0 Å². The van der Waals surface area contributed by atoms with Crippen LogP contribution in [-0.2, 0) is 4.74 Å². The van der Waals surface area contributed by atoms with Gasteiger partial charge in [-0.2, -0.15) is 0 Å². The second-order valence-corrected chi connectivity index (χ2v) is 10.5. The molecule has 0 fully saturated rings. The summed E-state index contributed by atoms with van der Waals surface area (Å²) in [6.07, 6.45) is 9.12. The van der Waals surface area contributed by atoms with Crippen molar-refractivity contribution in [1.29, 1.82) is 0 Å². The number of benzene rings is 2. The van der Waals surface area contributed by atoms with Crippen molar-refractivity contribution >= 4 is 41.1 Å². The van der Waals surface area contributed by atoms with E-state index < -0.39 is 0 Å². The zero-order valence-corrected chi connectivity index (χ0v) is 21.7. The van der Waals surface area contributed by atoms with E-state index in [1.807, 2.05) is 12.3 Å². The summed E-state index contributed by atoms with van der Waals surface area (Å²) in [5, 5.41) is 0. The molecule has 1 aliphatic heterocycles. The number of rotatable bonds is 9. The van der Waals surface area contributed by atoms with E-state index in [1.165, 1.54) is 44.2 Å². The largest absolute Gasteiger partial charge is 0.465 e. The van der Waals surface area contributed by atoms with Crippen molar-refractivity contribution < 1.29 is 9.53 Å². The van der Waals surface area contributed by atoms with Crippen LogP contribution in [0.4, 0.5) is 11.4 Å². The number of thioether (sulfide) groups is 1. The normalized spacial score (nSPS) is 15.8. The van der Waals surface area contributed by atoms with Crippen LogP contribution in [-0.4, -0.2) is 42.8 Å². The van der Waals surface area contributed by atoms with Crippen molar-refractivity contribution in [3.05, 3.63) is 48.0 Å². The highest BCUT2D eigenvalue weighted by Crippen LogP contribution is 2.48. The lowest BCUT2D eigenvalue weighted by Gasteiger charge is -2.42. The first-order valence-corrected chi connectivity index (χ1v) is 13.5. The number of para-hydroxylation sites is 1. The molecule has 0 spiro atoms. The number of fused-ring (bicyclic) bond motifs is 1. The summed E-state index contributed by atoms with van der Waals surface area (Å²) in [6.45, 7) is 5.47. The summed E-state index contributed by atoms with van der Waals surface area (Å²) in [4.78, 5) is 17.1. The lowest BCUT2D eigenvalue weighted by atomic mass is 9.86. The van der Waals surface area contributed by atoms with Gasteiger partial charge in [-0.3, -0.25) is 0 Å². The van der Waals surface area contributed by atoms with Crippen LogP contribution >= 0.6 is 23.7 Å². The van der Waals surface area contributed by atoms with E-state index in [0.717, 1.165) is 29.2 Å². The Hall–Kier alpha value is -1.63. The Labute approximate surface area is 202 Å². The van der Waals surface area contributed by atoms with Gasteiger partial charge in [-0.15, -0.1) is 11.8 Å². The van der Waals surface area contributed by atoms with Crippen LogP contribution in [0.2, 0.25) is 0 Å². The fraction of sp³-hybridized carbons (Fsp3) is 0.500. The van der Waals surface area contributed by atoms with Gasteiger partial charge in [0.25, 0.3) is 0 Å². The molecule has 0 aliphatic carbocycles. The SMILES string of the molecule is CCCCC1(CCCC)CN(c2ccccc2)c2cc(SC)c(C(=O)OC)cc2SN1C. The molecule has 1 heterocycles. The maximum absolute atomic E-state index is 12.5. The van der Waals surface area contributed by atoms with Gasteiger partial charge in [0.2, 0.25) is 0 Å². The average molecular weight is 473 g/mol. The Bertz CT molecular complexity index is 896. The van der Waals surface area contributed by atoms with Gasteiger partial charge in [0.05, 0.1) is 18.4 Å². The van der Waals surface area contributed by atoms with Crippen molar-refractivity contribution in [3.63, 3.8) is 0 Å². The summed E-state index contributed by atoms with van der Waals surface area (Å²) in [5.74, 6) is -0.279. The minimum atomic E-state index is -0.279. The molecule has 3 rings (SSSR count). The number of hydrogen-bond acceptors (Lipinski definition) is 6. The molecule has 6 heteroatoms. The molecule has 0 saturated carbocycles. The average Bonchev–Trinajstić information content (AvgIpc) is 2.94. The highest BCUT2D eigenvalue weighted by atomic mass is 32.2. The van der Waals surface area contributed by atoms with Gasteiger partial charge < -0.3 is 9.64 Å². The van der Waals surface area contributed by atoms with E-state index in [2.05, 4.69) is 66.5 Å². The molecule has 1 aliphatic rings. The van der Waals surface area contributed by atoms with Gasteiger partial charge in [0.1, 0.15) is 0 Å². The van der Waals surface area contributed by atoms with Crippen molar-refractivity contribution in [3.8, 4) is 0 Å². The van der Waals surface area contributed by atoms with Crippen LogP contribution in [0.15, 0.2) is 52.3 Å². The molecule has 0 radical (unpaired) electrons. The second-order valence-electron chi connectivity index (χ2n) is 8.45. The molecule has 0 atom stereocenters. The number of nitrogens with zero attached hydrogens (tertiary/aromatic N) is 2. The van der Waals surface area contributed by atoms with Crippen LogP contribution in [0, 0.1) is 0 Å². The summed E-state index contributed by atoms with van der Waals surface area (Å²) in [5.41, 5.74) is 3.05. The third kappa shape index (κ3) is 5.29. The number of anilines is 2. The number of methoxy groups -OCH3 is 1. The molecule has 0 amide bonds. The van der Waals surface area contributed by atoms with Gasteiger partial charge >= 0.3 is 5.97 Å². The highest BCUT2D eigenvalue weighted by Gasteiger charge is 2.40. The number of hydrogen-bond donors (Lipinski definition) is 0. The predicted molar refractivity (Wildman–Crippen MR) is 138 cm³/mol. The van der Waals surface area contributed by atoms with Crippen molar-refractivity contribution in [2.75, 3.05) is 31.9 Å². The summed E-state index contributed by atoms with van der Waals surface area (Å²) in [6, 6.07) is 14.9. The van der Waals surface area contributed by atoms with Gasteiger partial charge in [0, 0.05) is 27.6 Å². The van der Waals surface area contributed by atoms with E-state index in [-0.39, 0.29) is 11.5 Å². The zero-order valence-electron chi connectivity index (χ0n) is 20.0. The third-order valence-corrected chi connectivity index (χ3v) is 8.35. The second kappa shape index (κ2) is 11.5. The molecule has 0 bridgehead atoms. The zero-order chi connectivity index (χ0) is 23.1. The molecular formula is C26H36N2O2S2. The molecular weight excluding hydrogens is 436 g/mol. The summed E-state index contributed by atoms with van der Waals surface area (Å²) < 4.78 is 7.57. The van der Waals surface area contributed by atoms with Crippen LogP contribution < -0.4 is 4.90 Å². The molecule has 0 N–H and O–H groups in total. The molecule has 174 valence electrons. The van der Waals surface area contributed by atoms with E-state index >= 15 is 0 Å². The number of esters is 1. The quantitative estimate of drug-likeness (QED) is 0.215. The Morgan fingerprint density at radius 1 is 1.12 bits per heavy atom. The molecule has 32 heavy (non-hydrogen) atoms. The lowest BCUT2D eigenvalue weighted by molar-refractivity contribution is 0.0596. The predicted octanol–water partition coefficient (Wildman–Crippen LogP) is 7.40. The van der Waals surface area contributed by atoms with Crippen LogP contribution in [0.5, 0.6) is 0 Å². The Kier molecular flexibility index (Phi) is 8.97. The Balaban J connectivity index is 2.19. The number of carbonyl (C=O) groups is 1. The van der Waals surface area contributed by atoms with Crippen LogP contribution in [0.3, 0.4) is 0 Å². The highest BCUT2D eigenvalue weighted by molar-refractivity contribution is 7.98. The maximum Gasteiger partial charge on any atom is 0.339 e. The minimum absolute atomic E-state index is 0.0521. The van der Waals surface area contributed by atoms with Gasteiger partial charge in [-0.05, 0) is 62.4 Å². The van der Waals surface area contributed by atoms with Crippen molar-refractivity contribution in [2.45, 2.75) is 67.7 Å². The van der Waals surface area contributed by atoms with E-state index in [4.69, 9.17) is 4.74 Å². The molecule has 0 aromatic heterocycles. The monoisotopic (exact) mass is 472 g/mol. The van der Waals surface area contributed by atoms with Gasteiger partial charge in [-0.1, -0.05) is 57.7 Å². The van der Waals surface area contributed by atoms with Gasteiger partial charge in [0.15, 0.2) is 0 Å². The maximum atomic E-state index is 12.5. The smallest absolute Gasteiger partial charge is 0.339 e. The van der Waals surface area contributed by atoms with Crippen molar-refractivity contribution in [1.82, 2.24) is 4.31 Å². The number of likely N-dealkylation sites (N-methyl/N-ethyl adjacent to an activating group) is 1. The summed E-state index contributed by atoms with van der Waals surface area (Å²) in [7, 11) is 3.68. The number of carbonyl (C=O) groups excluding carboxylic acids is 1. The first-order chi connectivity index (χ1) is 15.5.